The zero-order valence-electron chi connectivity index (χ0n) is 15.6. The molecule has 3 rings (SSSR count). The highest BCUT2D eigenvalue weighted by Crippen LogP contribution is 2.21. The highest BCUT2D eigenvalue weighted by atomic mass is 32.2. The van der Waals surface area contributed by atoms with Gasteiger partial charge in [-0.1, -0.05) is 11.8 Å². The van der Waals surface area contributed by atoms with Gasteiger partial charge in [0.05, 0.1) is 31.0 Å². The van der Waals surface area contributed by atoms with Crippen LogP contribution in [0.2, 0.25) is 0 Å². The number of nitrogens with zero attached hydrogens (tertiary/aromatic N) is 2. The third-order valence-electron chi connectivity index (χ3n) is 3.83. The SMILES string of the molecule is CCOc1ccc(NC(=O)CSc2nc3ccsc3c(=O)n2CCOC)cc1. The van der Waals surface area contributed by atoms with Crippen LogP contribution >= 0.6 is 23.1 Å². The van der Waals surface area contributed by atoms with Crippen molar-refractivity contribution in [2.24, 2.45) is 0 Å². The number of methoxy groups -OCH3 is 1. The number of aromatic nitrogens is 2. The Kier molecular flexibility index (Phi) is 7.07. The van der Waals surface area contributed by atoms with Crippen LogP contribution in [0.4, 0.5) is 5.69 Å². The fourth-order valence-corrected chi connectivity index (χ4v) is 4.15. The van der Waals surface area contributed by atoms with E-state index in [2.05, 4.69) is 10.3 Å². The molecule has 0 aliphatic rings. The Labute approximate surface area is 170 Å². The fourth-order valence-electron chi connectivity index (χ4n) is 2.54. The molecule has 0 unspecified atom stereocenters. The number of ether oxygens (including phenoxy) is 2. The number of thioether (sulfide) groups is 1. The zero-order valence-corrected chi connectivity index (χ0v) is 17.3. The van der Waals surface area contributed by atoms with Gasteiger partial charge >= 0.3 is 0 Å². The molecule has 1 aromatic carbocycles. The van der Waals surface area contributed by atoms with Crippen molar-refractivity contribution in [1.29, 1.82) is 0 Å². The summed E-state index contributed by atoms with van der Waals surface area (Å²) in [7, 11) is 1.58. The van der Waals surface area contributed by atoms with Crippen molar-refractivity contribution in [3.05, 3.63) is 46.1 Å². The van der Waals surface area contributed by atoms with Crippen LogP contribution in [0.15, 0.2) is 45.7 Å². The van der Waals surface area contributed by atoms with Gasteiger partial charge in [0, 0.05) is 12.8 Å². The predicted molar refractivity (Wildman–Crippen MR) is 113 cm³/mol. The highest BCUT2D eigenvalue weighted by molar-refractivity contribution is 7.99. The molecule has 0 radical (unpaired) electrons. The van der Waals surface area contributed by atoms with E-state index in [0.29, 0.717) is 40.8 Å². The minimum absolute atomic E-state index is 0.105. The molecule has 0 aliphatic carbocycles. The molecule has 0 bridgehead atoms. The average Bonchev–Trinajstić information content (AvgIpc) is 3.16. The van der Waals surface area contributed by atoms with E-state index in [9.17, 15) is 9.59 Å². The van der Waals surface area contributed by atoms with Crippen molar-refractivity contribution < 1.29 is 14.3 Å². The third kappa shape index (κ3) is 4.92. The number of amides is 1. The number of benzene rings is 1. The van der Waals surface area contributed by atoms with E-state index in [4.69, 9.17) is 9.47 Å². The maximum Gasteiger partial charge on any atom is 0.272 e. The van der Waals surface area contributed by atoms with Gasteiger partial charge in [0.15, 0.2) is 5.16 Å². The summed E-state index contributed by atoms with van der Waals surface area (Å²) in [6, 6.07) is 9.00. The molecule has 7 nitrogen and oxygen atoms in total. The smallest absolute Gasteiger partial charge is 0.272 e. The highest BCUT2D eigenvalue weighted by Gasteiger charge is 2.14. The molecule has 3 aromatic rings. The van der Waals surface area contributed by atoms with E-state index in [1.165, 1.54) is 23.1 Å². The lowest BCUT2D eigenvalue weighted by Gasteiger charge is -2.11. The summed E-state index contributed by atoms with van der Waals surface area (Å²) in [6.07, 6.45) is 0. The van der Waals surface area contributed by atoms with Gasteiger partial charge in [-0.15, -0.1) is 11.3 Å². The summed E-state index contributed by atoms with van der Waals surface area (Å²) >= 11 is 2.60. The minimum Gasteiger partial charge on any atom is -0.494 e. The van der Waals surface area contributed by atoms with Gasteiger partial charge in [-0.3, -0.25) is 14.2 Å². The lowest BCUT2D eigenvalue weighted by molar-refractivity contribution is -0.113. The van der Waals surface area contributed by atoms with Gasteiger partial charge in [-0.05, 0) is 42.6 Å². The zero-order chi connectivity index (χ0) is 19.9. The minimum atomic E-state index is -0.174. The van der Waals surface area contributed by atoms with Gasteiger partial charge in [0.1, 0.15) is 10.4 Å². The van der Waals surface area contributed by atoms with Crippen molar-refractivity contribution in [3.63, 3.8) is 0 Å². The molecule has 0 fully saturated rings. The Bertz CT molecular complexity index is 999. The number of carbonyl (C=O) groups is 1. The quantitative estimate of drug-likeness (QED) is 0.424. The Morgan fingerprint density at radius 2 is 2.07 bits per heavy atom. The number of fused-ring (bicyclic) bond motifs is 1. The fraction of sp³-hybridized carbons (Fsp3) is 0.316. The van der Waals surface area contributed by atoms with Crippen LogP contribution in [0, 0.1) is 0 Å². The summed E-state index contributed by atoms with van der Waals surface area (Å²) in [4.78, 5) is 29.6. The maximum atomic E-state index is 12.7. The Morgan fingerprint density at radius 1 is 1.29 bits per heavy atom. The van der Waals surface area contributed by atoms with Crippen LogP contribution in [-0.2, 0) is 16.1 Å². The molecule has 2 heterocycles. The molecule has 148 valence electrons. The molecule has 0 atom stereocenters. The molecular formula is C19H21N3O4S2. The van der Waals surface area contributed by atoms with Crippen molar-refractivity contribution in [2.75, 3.05) is 31.4 Å². The van der Waals surface area contributed by atoms with E-state index in [1.807, 2.05) is 18.4 Å². The standard InChI is InChI=1S/C19H21N3O4S2/c1-3-26-14-6-4-13(5-7-14)20-16(23)12-28-19-21-15-8-11-27-17(15)18(24)22(19)9-10-25-2/h4-8,11H,3,9-10,12H2,1-2H3,(H,20,23). The number of hydrogen-bond donors (Lipinski definition) is 1. The molecule has 0 saturated carbocycles. The van der Waals surface area contributed by atoms with E-state index < -0.39 is 0 Å². The van der Waals surface area contributed by atoms with Crippen LogP contribution < -0.4 is 15.6 Å². The third-order valence-corrected chi connectivity index (χ3v) is 5.70. The first-order valence-electron chi connectivity index (χ1n) is 8.75. The topological polar surface area (TPSA) is 82.5 Å². The molecule has 0 saturated heterocycles. The Morgan fingerprint density at radius 3 is 2.79 bits per heavy atom. The summed E-state index contributed by atoms with van der Waals surface area (Å²) in [5, 5.41) is 5.19. The van der Waals surface area contributed by atoms with E-state index in [0.717, 1.165) is 5.75 Å². The molecule has 1 N–H and O–H groups in total. The first-order chi connectivity index (χ1) is 13.6. The van der Waals surface area contributed by atoms with Crippen LogP contribution in [0.1, 0.15) is 6.92 Å². The lowest BCUT2D eigenvalue weighted by atomic mass is 10.3. The summed E-state index contributed by atoms with van der Waals surface area (Å²) < 4.78 is 12.7. The Hall–Kier alpha value is -2.36. The second kappa shape index (κ2) is 9.72. The van der Waals surface area contributed by atoms with Crippen molar-refractivity contribution in [2.45, 2.75) is 18.6 Å². The van der Waals surface area contributed by atoms with Gasteiger partial charge in [0.2, 0.25) is 5.91 Å². The van der Waals surface area contributed by atoms with Gasteiger partial charge in [-0.25, -0.2) is 4.98 Å². The second-order valence-electron chi connectivity index (χ2n) is 5.77. The van der Waals surface area contributed by atoms with E-state index >= 15 is 0 Å². The van der Waals surface area contributed by atoms with Crippen molar-refractivity contribution in [1.82, 2.24) is 9.55 Å². The predicted octanol–water partition coefficient (Wildman–Crippen LogP) is 3.23. The number of hydrogen-bond acceptors (Lipinski definition) is 7. The summed E-state index contributed by atoms with van der Waals surface area (Å²) in [5.41, 5.74) is 1.23. The van der Waals surface area contributed by atoms with Crippen LogP contribution in [0.25, 0.3) is 10.2 Å². The Balaban J connectivity index is 1.69. The largest absolute Gasteiger partial charge is 0.494 e. The van der Waals surface area contributed by atoms with Crippen LogP contribution in [0.5, 0.6) is 5.75 Å². The van der Waals surface area contributed by atoms with E-state index in [1.54, 1.807) is 35.9 Å². The monoisotopic (exact) mass is 419 g/mol. The first-order valence-corrected chi connectivity index (χ1v) is 10.6. The normalized spacial score (nSPS) is 10.9. The van der Waals surface area contributed by atoms with E-state index in [-0.39, 0.29) is 17.2 Å². The van der Waals surface area contributed by atoms with Crippen molar-refractivity contribution in [3.8, 4) is 5.75 Å². The molecule has 2 aromatic heterocycles. The molecule has 28 heavy (non-hydrogen) atoms. The number of rotatable bonds is 9. The number of thiophene rings is 1. The summed E-state index contributed by atoms with van der Waals surface area (Å²) in [6.45, 7) is 3.29. The second-order valence-corrected chi connectivity index (χ2v) is 7.63. The van der Waals surface area contributed by atoms with Crippen LogP contribution in [-0.4, -0.2) is 41.5 Å². The van der Waals surface area contributed by atoms with Gasteiger partial charge < -0.3 is 14.8 Å². The molecule has 1 amide bonds. The molecule has 9 heteroatoms. The number of nitrogens with one attached hydrogen (secondary N) is 1. The van der Waals surface area contributed by atoms with Gasteiger partial charge in [0.25, 0.3) is 5.56 Å². The number of anilines is 1. The van der Waals surface area contributed by atoms with Crippen LogP contribution in [0.3, 0.4) is 0 Å². The molecule has 0 spiro atoms. The number of carbonyl (C=O) groups excluding carboxylic acids is 1. The summed E-state index contributed by atoms with van der Waals surface area (Å²) in [5.74, 6) is 0.722. The first kappa shape index (κ1) is 20.4. The average molecular weight is 420 g/mol. The molecule has 0 aliphatic heterocycles. The molecular weight excluding hydrogens is 398 g/mol. The van der Waals surface area contributed by atoms with Gasteiger partial charge in [-0.2, -0.15) is 0 Å². The van der Waals surface area contributed by atoms with Crippen molar-refractivity contribution >= 4 is 44.9 Å². The maximum absolute atomic E-state index is 12.7. The lowest BCUT2D eigenvalue weighted by Crippen LogP contribution is -2.25.